The minimum atomic E-state index is 0.521. The number of H-pyrrole nitrogens is 1. The van der Waals surface area contributed by atoms with Crippen molar-refractivity contribution in [1.29, 1.82) is 5.26 Å². The highest BCUT2D eigenvalue weighted by atomic mass is 32.2. The first kappa shape index (κ1) is 22.3. The molecule has 1 fully saturated rings. The van der Waals surface area contributed by atoms with Gasteiger partial charge >= 0.3 is 0 Å². The molecule has 0 atom stereocenters. The molecule has 0 radical (unpaired) electrons. The molecule has 170 valence electrons. The van der Waals surface area contributed by atoms with E-state index in [0.29, 0.717) is 5.56 Å². The Hall–Kier alpha value is -3.53. The molecule has 0 amide bonds. The Morgan fingerprint density at radius 2 is 2.03 bits per heavy atom. The summed E-state index contributed by atoms with van der Waals surface area (Å²) in [5.41, 5.74) is 7.85. The first-order chi connectivity index (χ1) is 16.7. The fraction of sp³-hybridized carbons (Fsp3) is 0.214. The van der Waals surface area contributed by atoms with Crippen LogP contribution in [0.5, 0.6) is 0 Å². The summed E-state index contributed by atoms with van der Waals surface area (Å²) in [6, 6.07) is 17.1. The van der Waals surface area contributed by atoms with Crippen LogP contribution in [-0.4, -0.2) is 39.5 Å². The minimum absolute atomic E-state index is 0.521. The van der Waals surface area contributed by atoms with E-state index in [4.69, 9.17) is 0 Å². The van der Waals surface area contributed by atoms with Gasteiger partial charge in [-0.15, -0.1) is 0 Å². The van der Waals surface area contributed by atoms with Crippen LogP contribution in [0.25, 0.3) is 23.1 Å². The van der Waals surface area contributed by atoms with Crippen LogP contribution in [0.15, 0.2) is 61.1 Å². The van der Waals surface area contributed by atoms with Gasteiger partial charge in [0.05, 0.1) is 11.3 Å². The molecule has 3 heterocycles. The zero-order chi connectivity index (χ0) is 23.3. The van der Waals surface area contributed by atoms with Crippen molar-refractivity contribution in [2.24, 2.45) is 0 Å². The smallest absolute Gasteiger partial charge is 0.103 e. The van der Waals surface area contributed by atoms with Crippen LogP contribution >= 0.6 is 11.8 Å². The van der Waals surface area contributed by atoms with Crippen LogP contribution in [-0.2, 0) is 6.54 Å². The van der Waals surface area contributed by atoms with Gasteiger partial charge in [0, 0.05) is 71.9 Å². The third kappa shape index (κ3) is 4.86. The Kier molecular flexibility index (Phi) is 6.66. The molecule has 2 aromatic heterocycles. The topological polar surface area (TPSA) is 67.7 Å². The number of hydrogen-bond donors (Lipinski definition) is 2. The molecule has 34 heavy (non-hydrogen) atoms. The number of nitrogens with one attached hydrogen (secondary N) is 2. The number of rotatable bonds is 6. The molecule has 0 spiro atoms. The van der Waals surface area contributed by atoms with Crippen LogP contribution in [0.4, 0.5) is 11.4 Å². The summed E-state index contributed by atoms with van der Waals surface area (Å²) in [5, 5.41) is 14.4. The van der Waals surface area contributed by atoms with Crippen molar-refractivity contribution < 1.29 is 0 Å². The summed E-state index contributed by atoms with van der Waals surface area (Å²) in [6.45, 7) is 5.38. The third-order valence-electron chi connectivity index (χ3n) is 6.28. The van der Waals surface area contributed by atoms with Crippen molar-refractivity contribution in [3.05, 3.63) is 88.9 Å². The van der Waals surface area contributed by atoms with Gasteiger partial charge in [-0.25, -0.2) is 0 Å². The summed E-state index contributed by atoms with van der Waals surface area (Å²) < 4.78 is 0. The van der Waals surface area contributed by atoms with E-state index >= 15 is 0 Å². The Balaban J connectivity index is 1.41. The van der Waals surface area contributed by atoms with Crippen LogP contribution < -0.4 is 5.32 Å². The Labute approximate surface area is 204 Å². The number of aromatic amines is 1. The molecule has 0 bridgehead atoms. The Bertz CT molecular complexity index is 1380. The lowest BCUT2D eigenvalue weighted by molar-refractivity contribution is 0.294. The maximum Gasteiger partial charge on any atom is 0.103 e. The van der Waals surface area contributed by atoms with Crippen molar-refractivity contribution in [3.63, 3.8) is 0 Å². The molecule has 5 rings (SSSR count). The van der Waals surface area contributed by atoms with Crippen molar-refractivity contribution in [2.45, 2.75) is 13.5 Å². The quantitative estimate of drug-likeness (QED) is 0.355. The molecule has 0 saturated carbocycles. The number of aromatic nitrogens is 2. The van der Waals surface area contributed by atoms with E-state index in [9.17, 15) is 5.26 Å². The van der Waals surface area contributed by atoms with Gasteiger partial charge < -0.3 is 10.3 Å². The SMILES string of the molecule is Cc1c(Nc2c(C#N)cncc2/C=C/c2cccc(CN3CCSCC3)c2)ccc2[nH]ccc12. The van der Waals surface area contributed by atoms with Crippen LogP contribution in [0.1, 0.15) is 27.8 Å². The molecule has 0 aliphatic carbocycles. The molecular formula is C28H27N5S. The normalized spacial score (nSPS) is 14.5. The number of anilines is 2. The lowest BCUT2D eigenvalue weighted by Gasteiger charge is -2.26. The van der Waals surface area contributed by atoms with E-state index in [-0.39, 0.29) is 0 Å². The van der Waals surface area contributed by atoms with E-state index in [2.05, 4.69) is 75.7 Å². The number of aryl methyl sites for hydroxylation is 1. The molecule has 1 saturated heterocycles. The van der Waals surface area contributed by atoms with Gasteiger partial charge in [0.1, 0.15) is 6.07 Å². The highest BCUT2D eigenvalue weighted by molar-refractivity contribution is 7.99. The molecular weight excluding hydrogens is 438 g/mol. The second-order valence-electron chi connectivity index (χ2n) is 8.53. The van der Waals surface area contributed by atoms with Crippen molar-refractivity contribution in [2.75, 3.05) is 29.9 Å². The standard InChI is InChI=1S/C28H27N5S/c1-20-25-9-10-31-27(25)8-7-26(20)32-28-23(17-30-18-24(28)16-29)6-5-21-3-2-4-22(15-21)19-33-11-13-34-14-12-33/h2-10,15,17-18,31H,11-14,19H2,1H3,(H,30,32)/b6-5+. The second kappa shape index (κ2) is 10.2. The van der Waals surface area contributed by atoms with Crippen LogP contribution in [0, 0.1) is 18.3 Å². The van der Waals surface area contributed by atoms with Gasteiger partial charge in [0.2, 0.25) is 0 Å². The predicted molar refractivity (Wildman–Crippen MR) is 143 cm³/mol. The molecule has 1 aliphatic heterocycles. The highest BCUT2D eigenvalue weighted by Gasteiger charge is 2.12. The number of benzene rings is 2. The van der Waals surface area contributed by atoms with Crippen LogP contribution in [0.3, 0.4) is 0 Å². The van der Waals surface area contributed by atoms with Crippen LogP contribution in [0.2, 0.25) is 0 Å². The van der Waals surface area contributed by atoms with Gasteiger partial charge in [0.25, 0.3) is 0 Å². The van der Waals surface area contributed by atoms with E-state index in [1.54, 1.807) is 12.4 Å². The average Bonchev–Trinajstić information content (AvgIpc) is 3.35. The molecule has 6 heteroatoms. The Morgan fingerprint density at radius 1 is 1.15 bits per heavy atom. The maximum atomic E-state index is 9.74. The maximum absolute atomic E-state index is 9.74. The number of fused-ring (bicyclic) bond motifs is 1. The van der Waals surface area contributed by atoms with E-state index in [1.165, 1.54) is 22.5 Å². The average molecular weight is 466 g/mol. The largest absolute Gasteiger partial charge is 0.361 e. The van der Waals surface area contributed by atoms with E-state index < -0.39 is 0 Å². The number of thioether (sulfide) groups is 1. The van der Waals surface area contributed by atoms with Crippen molar-refractivity contribution in [1.82, 2.24) is 14.9 Å². The molecule has 4 aromatic rings. The van der Waals surface area contributed by atoms with Gasteiger partial charge in [0.15, 0.2) is 0 Å². The summed E-state index contributed by atoms with van der Waals surface area (Å²) in [4.78, 5) is 10.1. The first-order valence-electron chi connectivity index (χ1n) is 11.5. The second-order valence-corrected chi connectivity index (χ2v) is 9.76. The van der Waals surface area contributed by atoms with Gasteiger partial charge in [-0.3, -0.25) is 9.88 Å². The zero-order valence-electron chi connectivity index (χ0n) is 19.2. The fourth-order valence-electron chi connectivity index (χ4n) is 4.38. The summed E-state index contributed by atoms with van der Waals surface area (Å²) in [6.07, 6.45) is 9.50. The van der Waals surface area contributed by atoms with Crippen molar-refractivity contribution in [3.8, 4) is 6.07 Å². The molecule has 1 aliphatic rings. The molecule has 2 aromatic carbocycles. The predicted octanol–water partition coefficient (Wildman–Crippen LogP) is 6.21. The molecule has 5 nitrogen and oxygen atoms in total. The number of pyridine rings is 1. The summed E-state index contributed by atoms with van der Waals surface area (Å²) in [5.74, 6) is 2.43. The highest BCUT2D eigenvalue weighted by Crippen LogP contribution is 2.31. The van der Waals surface area contributed by atoms with E-state index in [1.807, 2.05) is 30.1 Å². The van der Waals surface area contributed by atoms with E-state index in [0.717, 1.165) is 53.2 Å². The number of nitrogens with zero attached hydrogens (tertiary/aromatic N) is 3. The molecule has 2 N–H and O–H groups in total. The monoisotopic (exact) mass is 465 g/mol. The van der Waals surface area contributed by atoms with Gasteiger partial charge in [-0.05, 0) is 41.8 Å². The number of hydrogen-bond acceptors (Lipinski definition) is 5. The zero-order valence-corrected chi connectivity index (χ0v) is 20.0. The van der Waals surface area contributed by atoms with Gasteiger partial charge in [-0.1, -0.05) is 36.4 Å². The lowest BCUT2D eigenvalue weighted by atomic mass is 10.1. The summed E-state index contributed by atoms with van der Waals surface area (Å²) >= 11 is 2.04. The first-order valence-corrected chi connectivity index (χ1v) is 12.7. The van der Waals surface area contributed by atoms with Gasteiger partial charge in [-0.2, -0.15) is 17.0 Å². The van der Waals surface area contributed by atoms with Crippen molar-refractivity contribution >= 4 is 46.2 Å². The lowest BCUT2D eigenvalue weighted by Crippen LogP contribution is -2.31. The third-order valence-corrected chi connectivity index (χ3v) is 7.22. The Morgan fingerprint density at radius 3 is 2.88 bits per heavy atom. The minimum Gasteiger partial charge on any atom is -0.361 e. The molecule has 0 unspecified atom stereocenters. The number of nitriles is 1. The summed E-state index contributed by atoms with van der Waals surface area (Å²) in [7, 11) is 0. The fourth-order valence-corrected chi connectivity index (χ4v) is 5.36.